The minimum Gasteiger partial charge on any atom is -0.309 e. The fourth-order valence-electron chi connectivity index (χ4n) is 2.87. The summed E-state index contributed by atoms with van der Waals surface area (Å²) < 4.78 is 1.98. The average molecular weight is 292 g/mol. The Hall–Kier alpha value is -0.980. The normalized spacial score (nSPS) is 21.3. The summed E-state index contributed by atoms with van der Waals surface area (Å²) in [5, 5.41) is 11.8. The van der Waals surface area contributed by atoms with E-state index in [4.69, 9.17) is 0 Å². The zero-order valence-electron chi connectivity index (χ0n) is 13.3. The van der Waals surface area contributed by atoms with Crippen LogP contribution < -0.4 is 5.32 Å². The summed E-state index contributed by atoms with van der Waals surface area (Å²) in [7, 11) is 0. The molecule has 1 aromatic rings. The van der Waals surface area contributed by atoms with Gasteiger partial charge in [0.05, 0.1) is 12.2 Å². The summed E-state index contributed by atoms with van der Waals surface area (Å²) in [4.78, 5) is 5.20. The fourth-order valence-corrected chi connectivity index (χ4v) is 2.87. The highest BCUT2D eigenvalue weighted by molar-refractivity contribution is 4.92. The molecule has 0 atom stereocenters. The van der Waals surface area contributed by atoms with E-state index in [1.165, 1.54) is 39.0 Å². The molecule has 1 aliphatic carbocycles. The first kappa shape index (κ1) is 14.9. The van der Waals surface area contributed by atoms with Gasteiger partial charge in [-0.25, -0.2) is 0 Å². The second kappa shape index (κ2) is 6.85. The first-order valence-electron chi connectivity index (χ1n) is 8.29. The Balaban J connectivity index is 1.37. The van der Waals surface area contributed by atoms with E-state index in [1.807, 2.05) is 4.68 Å². The quantitative estimate of drug-likeness (QED) is 0.795. The molecule has 6 nitrogen and oxygen atoms in total. The standard InChI is InChI=1S/C15H28N6/c1-13(2)16-11-14-12-21(18-17-14)10-7-19-5-8-20(9-6-19)15-3-4-15/h12-13,15-16H,3-11H2,1-2H3. The Kier molecular flexibility index (Phi) is 4.87. The van der Waals surface area contributed by atoms with E-state index in [0.29, 0.717) is 6.04 Å². The topological polar surface area (TPSA) is 49.2 Å². The van der Waals surface area contributed by atoms with E-state index in [-0.39, 0.29) is 0 Å². The number of piperazine rings is 1. The summed E-state index contributed by atoms with van der Waals surface area (Å²) in [5.41, 5.74) is 1.03. The van der Waals surface area contributed by atoms with Crippen molar-refractivity contribution in [2.45, 2.75) is 51.9 Å². The number of nitrogens with zero attached hydrogens (tertiary/aromatic N) is 5. The molecule has 3 rings (SSSR count). The summed E-state index contributed by atoms with van der Waals surface area (Å²) in [5.74, 6) is 0. The molecule has 6 heteroatoms. The van der Waals surface area contributed by atoms with Crippen LogP contribution in [0.1, 0.15) is 32.4 Å². The van der Waals surface area contributed by atoms with Gasteiger partial charge in [0, 0.05) is 57.5 Å². The largest absolute Gasteiger partial charge is 0.309 e. The minimum absolute atomic E-state index is 0.484. The lowest BCUT2D eigenvalue weighted by Crippen LogP contribution is -2.47. The van der Waals surface area contributed by atoms with Crippen LogP contribution in [0, 0.1) is 0 Å². The van der Waals surface area contributed by atoms with E-state index in [1.54, 1.807) is 0 Å². The van der Waals surface area contributed by atoms with Crippen LogP contribution in [0.15, 0.2) is 6.20 Å². The number of aromatic nitrogens is 3. The van der Waals surface area contributed by atoms with Crippen LogP contribution >= 0.6 is 0 Å². The molecule has 2 fully saturated rings. The second-order valence-electron chi connectivity index (χ2n) is 6.62. The third kappa shape index (κ3) is 4.49. The van der Waals surface area contributed by atoms with Gasteiger partial charge >= 0.3 is 0 Å². The number of rotatable bonds is 7. The maximum Gasteiger partial charge on any atom is 0.0964 e. The highest BCUT2D eigenvalue weighted by Crippen LogP contribution is 2.27. The van der Waals surface area contributed by atoms with Gasteiger partial charge in [0.1, 0.15) is 0 Å². The van der Waals surface area contributed by atoms with Crippen molar-refractivity contribution in [3.63, 3.8) is 0 Å². The molecule has 1 aromatic heterocycles. The lowest BCUT2D eigenvalue weighted by molar-refractivity contribution is 0.122. The molecule has 0 radical (unpaired) electrons. The predicted molar refractivity (Wildman–Crippen MR) is 83.0 cm³/mol. The third-order valence-electron chi connectivity index (χ3n) is 4.39. The van der Waals surface area contributed by atoms with Crippen molar-refractivity contribution in [2.24, 2.45) is 0 Å². The van der Waals surface area contributed by atoms with Gasteiger partial charge in [0.15, 0.2) is 0 Å². The van der Waals surface area contributed by atoms with Crippen molar-refractivity contribution in [3.05, 3.63) is 11.9 Å². The molecule has 0 aromatic carbocycles. The molecule has 118 valence electrons. The summed E-state index contributed by atoms with van der Waals surface area (Å²) in [6.45, 7) is 12.0. The van der Waals surface area contributed by atoms with Gasteiger partial charge in [-0.2, -0.15) is 0 Å². The Morgan fingerprint density at radius 3 is 2.62 bits per heavy atom. The summed E-state index contributed by atoms with van der Waals surface area (Å²) >= 11 is 0. The highest BCUT2D eigenvalue weighted by Gasteiger charge is 2.30. The first-order valence-corrected chi connectivity index (χ1v) is 8.29. The minimum atomic E-state index is 0.484. The van der Waals surface area contributed by atoms with Gasteiger partial charge in [-0.3, -0.25) is 14.5 Å². The Bertz CT molecular complexity index is 431. The summed E-state index contributed by atoms with van der Waals surface area (Å²) in [6, 6.07) is 1.40. The molecule has 1 saturated carbocycles. The number of hydrogen-bond donors (Lipinski definition) is 1. The van der Waals surface area contributed by atoms with Crippen molar-refractivity contribution in [2.75, 3.05) is 32.7 Å². The van der Waals surface area contributed by atoms with E-state index in [2.05, 4.69) is 45.5 Å². The van der Waals surface area contributed by atoms with E-state index < -0.39 is 0 Å². The van der Waals surface area contributed by atoms with E-state index in [9.17, 15) is 0 Å². The van der Waals surface area contributed by atoms with Gasteiger partial charge in [0.2, 0.25) is 0 Å². The van der Waals surface area contributed by atoms with Gasteiger partial charge in [-0.1, -0.05) is 19.1 Å². The zero-order chi connectivity index (χ0) is 14.7. The molecule has 0 spiro atoms. The lowest BCUT2D eigenvalue weighted by Gasteiger charge is -2.34. The fraction of sp³-hybridized carbons (Fsp3) is 0.867. The average Bonchev–Trinajstić information content (AvgIpc) is 3.23. The van der Waals surface area contributed by atoms with Gasteiger partial charge in [-0.15, -0.1) is 5.10 Å². The monoisotopic (exact) mass is 292 g/mol. The Morgan fingerprint density at radius 2 is 1.95 bits per heavy atom. The lowest BCUT2D eigenvalue weighted by atomic mass is 10.3. The van der Waals surface area contributed by atoms with Crippen LogP contribution in [0.4, 0.5) is 0 Å². The van der Waals surface area contributed by atoms with Crippen LogP contribution in [-0.2, 0) is 13.1 Å². The first-order chi connectivity index (χ1) is 10.2. The Morgan fingerprint density at radius 1 is 1.19 bits per heavy atom. The number of nitrogens with one attached hydrogen (secondary N) is 1. The SMILES string of the molecule is CC(C)NCc1cn(CCN2CCN(C3CC3)CC2)nn1. The second-order valence-corrected chi connectivity index (χ2v) is 6.62. The number of hydrogen-bond acceptors (Lipinski definition) is 5. The summed E-state index contributed by atoms with van der Waals surface area (Å²) in [6.07, 6.45) is 4.91. The highest BCUT2D eigenvalue weighted by atomic mass is 15.4. The smallest absolute Gasteiger partial charge is 0.0964 e. The van der Waals surface area contributed by atoms with Crippen molar-refractivity contribution in [3.8, 4) is 0 Å². The Labute approximate surface area is 127 Å². The zero-order valence-corrected chi connectivity index (χ0v) is 13.3. The third-order valence-corrected chi connectivity index (χ3v) is 4.39. The van der Waals surface area contributed by atoms with Crippen LogP contribution in [0.25, 0.3) is 0 Å². The van der Waals surface area contributed by atoms with Crippen LogP contribution in [0.3, 0.4) is 0 Å². The molecule has 0 amide bonds. The molecular formula is C15H28N6. The van der Waals surface area contributed by atoms with Crippen molar-refractivity contribution in [1.29, 1.82) is 0 Å². The maximum atomic E-state index is 4.22. The molecule has 0 bridgehead atoms. The predicted octanol–water partition coefficient (Wildman–Crippen LogP) is 0.556. The van der Waals surface area contributed by atoms with Crippen LogP contribution in [0.5, 0.6) is 0 Å². The van der Waals surface area contributed by atoms with Crippen molar-refractivity contribution >= 4 is 0 Å². The molecule has 2 heterocycles. The maximum absolute atomic E-state index is 4.22. The molecule has 1 saturated heterocycles. The molecular weight excluding hydrogens is 264 g/mol. The van der Waals surface area contributed by atoms with Crippen LogP contribution in [0.2, 0.25) is 0 Å². The van der Waals surface area contributed by atoms with Gasteiger partial charge < -0.3 is 5.32 Å². The van der Waals surface area contributed by atoms with Crippen molar-refractivity contribution < 1.29 is 0 Å². The molecule has 1 N–H and O–H groups in total. The van der Waals surface area contributed by atoms with Gasteiger partial charge in [-0.05, 0) is 12.8 Å². The van der Waals surface area contributed by atoms with Crippen LogP contribution in [-0.4, -0.2) is 69.6 Å². The molecule has 1 aliphatic heterocycles. The van der Waals surface area contributed by atoms with E-state index in [0.717, 1.165) is 31.4 Å². The molecule has 21 heavy (non-hydrogen) atoms. The van der Waals surface area contributed by atoms with Crippen molar-refractivity contribution in [1.82, 2.24) is 30.1 Å². The van der Waals surface area contributed by atoms with Gasteiger partial charge in [0.25, 0.3) is 0 Å². The van der Waals surface area contributed by atoms with E-state index >= 15 is 0 Å². The molecule has 2 aliphatic rings. The molecule has 0 unspecified atom stereocenters.